The highest BCUT2D eigenvalue weighted by atomic mass is 16.5. The Kier molecular flexibility index (Phi) is 9.41. The first-order valence-electron chi connectivity index (χ1n) is 14.7. The van der Waals surface area contributed by atoms with Gasteiger partial charge < -0.3 is 30.3 Å². The van der Waals surface area contributed by atoms with Gasteiger partial charge in [-0.05, 0) is 30.5 Å². The Morgan fingerprint density at radius 2 is 1.82 bits per heavy atom. The molecule has 2 aliphatic rings. The Hall–Kier alpha value is -4.94. The van der Waals surface area contributed by atoms with E-state index in [2.05, 4.69) is 16.0 Å². The second kappa shape index (κ2) is 13.6. The Bertz CT molecular complexity index is 1520. The van der Waals surface area contributed by atoms with Crippen LogP contribution in [0.25, 0.3) is 11.4 Å². The summed E-state index contributed by atoms with van der Waals surface area (Å²) in [7, 11) is 1.52. The molecule has 232 valence electrons. The summed E-state index contributed by atoms with van der Waals surface area (Å²) in [6.07, 6.45) is 0.584. The maximum Gasteiger partial charge on any atom is 0.251 e. The first kappa shape index (κ1) is 30.5. The van der Waals surface area contributed by atoms with Crippen molar-refractivity contribution in [2.45, 2.75) is 45.3 Å². The number of nitrogens with zero attached hydrogens (tertiary/aromatic N) is 4. The SMILES string of the molecule is COc1ccc2cc1OCCn1nc(-c3ccccc3)nc1[C@@H](C(C)C)NC(=O)CN(C(=O)[C@H]1CCC(=O)N1)CCNC2=O. The number of nitrogens with one attached hydrogen (secondary N) is 3. The molecule has 2 atom stereocenters. The first-order chi connectivity index (χ1) is 21.2. The van der Waals surface area contributed by atoms with E-state index in [0.29, 0.717) is 41.7 Å². The molecular weight excluding hydrogens is 566 g/mol. The van der Waals surface area contributed by atoms with Crippen molar-refractivity contribution in [1.29, 1.82) is 0 Å². The predicted octanol–water partition coefficient (Wildman–Crippen LogP) is 1.70. The van der Waals surface area contributed by atoms with Crippen LogP contribution in [0.3, 0.4) is 0 Å². The topological polar surface area (TPSA) is 157 Å². The second-order valence-corrected chi connectivity index (χ2v) is 11.1. The van der Waals surface area contributed by atoms with Crippen molar-refractivity contribution in [3.8, 4) is 22.9 Å². The summed E-state index contributed by atoms with van der Waals surface area (Å²) in [5.74, 6) is 0.440. The van der Waals surface area contributed by atoms with Crippen LogP contribution in [0.4, 0.5) is 0 Å². The fourth-order valence-electron chi connectivity index (χ4n) is 5.25. The van der Waals surface area contributed by atoms with Gasteiger partial charge in [0, 0.05) is 30.6 Å². The zero-order valence-corrected chi connectivity index (χ0v) is 25.0. The normalized spacial score (nSPS) is 19.7. The van der Waals surface area contributed by atoms with Gasteiger partial charge in [0.25, 0.3) is 5.91 Å². The van der Waals surface area contributed by atoms with E-state index in [1.165, 1.54) is 12.0 Å². The molecule has 44 heavy (non-hydrogen) atoms. The number of methoxy groups -OCH3 is 1. The molecule has 2 aliphatic heterocycles. The summed E-state index contributed by atoms with van der Waals surface area (Å²) in [4.78, 5) is 58.0. The van der Waals surface area contributed by atoms with Crippen LogP contribution in [0.1, 0.15) is 48.9 Å². The number of aromatic nitrogens is 3. The van der Waals surface area contributed by atoms with Gasteiger partial charge in [0.05, 0.1) is 26.2 Å². The number of hydrogen-bond acceptors (Lipinski definition) is 8. The maximum absolute atomic E-state index is 13.5. The molecule has 1 fully saturated rings. The highest BCUT2D eigenvalue weighted by Gasteiger charge is 2.33. The third-order valence-electron chi connectivity index (χ3n) is 7.59. The highest BCUT2D eigenvalue weighted by Crippen LogP contribution is 2.29. The molecule has 0 saturated carbocycles. The van der Waals surface area contributed by atoms with Crippen LogP contribution in [0.15, 0.2) is 48.5 Å². The average molecular weight is 604 g/mol. The van der Waals surface area contributed by atoms with E-state index in [9.17, 15) is 19.2 Å². The molecule has 0 unspecified atom stereocenters. The average Bonchev–Trinajstić information content (AvgIpc) is 3.65. The van der Waals surface area contributed by atoms with Gasteiger partial charge in [-0.3, -0.25) is 19.2 Å². The summed E-state index contributed by atoms with van der Waals surface area (Å²) in [5.41, 5.74) is 1.16. The minimum absolute atomic E-state index is 0.0601. The van der Waals surface area contributed by atoms with Gasteiger partial charge in [0.2, 0.25) is 17.7 Å². The number of carbonyl (C=O) groups is 4. The zero-order chi connectivity index (χ0) is 31.2. The Morgan fingerprint density at radius 1 is 1.02 bits per heavy atom. The van der Waals surface area contributed by atoms with Crippen LogP contribution >= 0.6 is 0 Å². The van der Waals surface area contributed by atoms with Gasteiger partial charge in [0.1, 0.15) is 12.6 Å². The molecule has 13 nitrogen and oxygen atoms in total. The minimum atomic E-state index is -0.723. The van der Waals surface area contributed by atoms with E-state index in [0.717, 1.165) is 5.56 Å². The van der Waals surface area contributed by atoms with Gasteiger partial charge in [-0.15, -0.1) is 0 Å². The van der Waals surface area contributed by atoms with Crippen molar-refractivity contribution in [2.75, 3.05) is 33.4 Å². The van der Waals surface area contributed by atoms with Crippen molar-refractivity contribution in [3.05, 3.63) is 59.9 Å². The van der Waals surface area contributed by atoms with E-state index < -0.39 is 18.0 Å². The van der Waals surface area contributed by atoms with E-state index in [1.54, 1.807) is 22.9 Å². The van der Waals surface area contributed by atoms with Gasteiger partial charge in [-0.25, -0.2) is 9.67 Å². The second-order valence-electron chi connectivity index (χ2n) is 11.1. The molecule has 0 spiro atoms. The summed E-state index contributed by atoms with van der Waals surface area (Å²) in [6.45, 7) is 4.29. The van der Waals surface area contributed by atoms with E-state index >= 15 is 0 Å². The monoisotopic (exact) mass is 603 g/mol. The van der Waals surface area contributed by atoms with E-state index in [-0.39, 0.29) is 56.3 Å². The molecule has 1 saturated heterocycles. The number of carbonyl (C=O) groups excluding carboxylic acids is 4. The van der Waals surface area contributed by atoms with Crippen molar-refractivity contribution in [1.82, 2.24) is 35.6 Å². The Balaban J connectivity index is 1.51. The van der Waals surface area contributed by atoms with Crippen LogP contribution in [0.2, 0.25) is 0 Å². The first-order valence-corrected chi connectivity index (χ1v) is 14.7. The molecular formula is C31H37N7O6. The third kappa shape index (κ3) is 6.99. The summed E-state index contributed by atoms with van der Waals surface area (Å²) in [6, 6.07) is 13.1. The van der Waals surface area contributed by atoms with Crippen molar-refractivity contribution in [3.63, 3.8) is 0 Å². The number of fused-ring (bicyclic) bond motifs is 3. The van der Waals surface area contributed by atoms with Crippen molar-refractivity contribution in [2.24, 2.45) is 5.92 Å². The van der Waals surface area contributed by atoms with Gasteiger partial charge in [-0.1, -0.05) is 44.2 Å². The fraction of sp³-hybridized carbons (Fsp3) is 0.419. The lowest BCUT2D eigenvalue weighted by molar-refractivity contribution is -0.138. The number of amides is 4. The minimum Gasteiger partial charge on any atom is -0.493 e. The molecule has 3 N–H and O–H groups in total. The van der Waals surface area contributed by atoms with Gasteiger partial charge >= 0.3 is 0 Å². The van der Waals surface area contributed by atoms with Crippen molar-refractivity contribution >= 4 is 23.6 Å². The van der Waals surface area contributed by atoms with Crippen LogP contribution < -0.4 is 25.4 Å². The quantitative estimate of drug-likeness (QED) is 0.407. The molecule has 0 radical (unpaired) electrons. The molecule has 2 aromatic carbocycles. The smallest absolute Gasteiger partial charge is 0.251 e. The Labute approximate surface area is 255 Å². The maximum atomic E-state index is 13.5. The predicted molar refractivity (Wildman–Crippen MR) is 160 cm³/mol. The van der Waals surface area contributed by atoms with Crippen molar-refractivity contribution < 1.29 is 28.7 Å². The zero-order valence-electron chi connectivity index (χ0n) is 25.0. The molecule has 0 aliphatic carbocycles. The lowest BCUT2D eigenvalue weighted by Crippen LogP contribution is -2.51. The lowest BCUT2D eigenvalue weighted by atomic mass is 10.0. The standard InChI is InChI=1S/C31H37N7O6/c1-19(2)27-29-35-28(20-7-5-4-6-8-20)36-38(29)15-16-44-24-17-21(9-11-23(24)43-3)30(41)32-13-14-37(18-26(40)34-27)31(42)22-10-12-25(39)33-22/h4-9,11,17,19,22,27H,10,12-16,18H2,1-3H3,(H,32,41)(H,33,39)(H,34,40)/t22-,27-/m1/s1. The third-order valence-corrected chi connectivity index (χ3v) is 7.59. The molecule has 2 bridgehead atoms. The molecule has 5 rings (SSSR count). The number of hydrogen-bond donors (Lipinski definition) is 3. The molecule has 4 amide bonds. The number of ether oxygens (including phenoxy) is 2. The number of rotatable bonds is 4. The molecule has 3 heterocycles. The molecule has 13 heteroatoms. The van der Waals surface area contributed by atoms with Crippen LogP contribution in [-0.2, 0) is 20.9 Å². The van der Waals surface area contributed by atoms with Crippen LogP contribution in [0.5, 0.6) is 11.5 Å². The van der Waals surface area contributed by atoms with Gasteiger partial charge in [-0.2, -0.15) is 5.10 Å². The molecule has 1 aromatic heterocycles. The molecule has 3 aromatic rings. The van der Waals surface area contributed by atoms with Gasteiger partial charge in [0.15, 0.2) is 23.1 Å². The largest absolute Gasteiger partial charge is 0.493 e. The van der Waals surface area contributed by atoms with Crippen LogP contribution in [0, 0.1) is 5.92 Å². The lowest BCUT2D eigenvalue weighted by Gasteiger charge is -2.27. The van der Waals surface area contributed by atoms with E-state index in [1.807, 2.05) is 44.2 Å². The highest BCUT2D eigenvalue weighted by molar-refractivity contribution is 5.95. The van der Waals surface area contributed by atoms with E-state index in [4.69, 9.17) is 19.6 Å². The summed E-state index contributed by atoms with van der Waals surface area (Å²) in [5, 5.41) is 13.3. The summed E-state index contributed by atoms with van der Waals surface area (Å²) >= 11 is 0. The number of benzene rings is 2. The van der Waals surface area contributed by atoms with Crippen LogP contribution in [-0.4, -0.2) is 82.7 Å². The summed E-state index contributed by atoms with van der Waals surface area (Å²) < 4.78 is 13.2. The fourth-order valence-corrected chi connectivity index (χ4v) is 5.25. The Morgan fingerprint density at radius 3 is 2.52 bits per heavy atom.